The summed E-state index contributed by atoms with van der Waals surface area (Å²) in [5.74, 6) is 0.269. The molecule has 1 amide bonds. The van der Waals surface area contributed by atoms with Gasteiger partial charge in [-0.15, -0.1) is 0 Å². The van der Waals surface area contributed by atoms with E-state index >= 15 is 0 Å². The van der Waals surface area contributed by atoms with Gasteiger partial charge in [0.1, 0.15) is 11.8 Å². The van der Waals surface area contributed by atoms with Crippen LogP contribution in [0.4, 0.5) is 5.69 Å². The van der Waals surface area contributed by atoms with Gasteiger partial charge in [-0.25, -0.2) is 8.42 Å². The van der Waals surface area contributed by atoms with Gasteiger partial charge in [0.25, 0.3) is 0 Å². The van der Waals surface area contributed by atoms with Gasteiger partial charge in [-0.05, 0) is 54.4 Å². The highest BCUT2D eigenvalue weighted by Gasteiger charge is 2.29. The molecule has 0 aliphatic heterocycles. The molecule has 3 aromatic rings. The summed E-state index contributed by atoms with van der Waals surface area (Å²) >= 11 is 0. The van der Waals surface area contributed by atoms with Gasteiger partial charge in [-0.3, -0.25) is 9.10 Å². The quantitative estimate of drug-likeness (QED) is 0.596. The Hall–Kier alpha value is -3.06. The molecule has 0 radical (unpaired) electrons. The molecule has 3 rings (SSSR count). The second kappa shape index (κ2) is 9.17. The maximum absolute atomic E-state index is 12.8. The second-order valence-corrected chi connectivity index (χ2v) is 8.88. The van der Waals surface area contributed by atoms with Gasteiger partial charge < -0.3 is 10.1 Å². The van der Waals surface area contributed by atoms with Gasteiger partial charge in [0, 0.05) is 6.54 Å². The van der Waals surface area contributed by atoms with Crippen LogP contribution >= 0.6 is 0 Å². The van der Waals surface area contributed by atoms with Crippen molar-refractivity contribution in [3.63, 3.8) is 0 Å². The summed E-state index contributed by atoms with van der Waals surface area (Å²) in [6.07, 6.45) is 1.10. The number of ether oxygens (including phenoxy) is 1. The minimum atomic E-state index is -3.67. The molecule has 0 aliphatic carbocycles. The zero-order valence-electron chi connectivity index (χ0n) is 17.3. The first-order valence-electron chi connectivity index (χ1n) is 9.78. The van der Waals surface area contributed by atoms with Gasteiger partial charge in [0.05, 0.1) is 18.6 Å². The van der Waals surface area contributed by atoms with Crippen molar-refractivity contribution in [1.29, 1.82) is 0 Å². The predicted molar refractivity (Wildman–Crippen MR) is 120 cm³/mol. The minimum absolute atomic E-state index is 0.311. The highest BCUT2D eigenvalue weighted by molar-refractivity contribution is 7.92. The van der Waals surface area contributed by atoms with Crippen LogP contribution in [0.25, 0.3) is 10.8 Å². The molecule has 7 heteroatoms. The number of anilines is 1. The van der Waals surface area contributed by atoms with Crippen LogP contribution in [0.5, 0.6) is 5.75 Å². The number of carbonyl (C=O) groups is 1. The van der Waals surface area contributed by atoms with E-state index in [-0.39, 0.29) is 5.91 Å². The summed E-state index contributed by atoms with van der Waals surface area (Å²) in [5, 5.41) is 5.02. The average molecular weight is 427 g/mol. The summed E-state index contributed by atoms with van der Waals surface area (Å²) < 4.78 is 31.4. The molecule has 1 atom stereocenters. The summed E-state index contributed by atoms with van der Waals surface area (Å²) in [6.45, 7) is 4.28. The van der Waals surface area contributed by atoms with Crippen molar-refractivity contribution in [2.75, 3.05) is 17.2 Å². The highest BCUT2D eigenvalue weighted by atomic mass is 32.2. The largest absolute Gasteiger partial charge is 0.494 e. The van der Waals surface area contributed by atoms with E-state index in [2.05, 4.69) is 5.32 Å². The summed E-state index contributed by atoms with van der Waals surface area (Å²) in [6, 6.07) is 19.6. The smallest absolute Gasteiger partial charge is 0.243 e. The maximum Gasteiger partial charge on any atom is 0.243 e. The maximum atomic E-state index is 12.8. The Morgan fingerprint density at radius 3 is 2.37 bits per heavy atom. The monoisotopic (exact) mass is 426 g/mol. The number of nitrogens with one attached hydrogen (secondary N) is 1. The van der Waals surface area contributed by atoms with Crippen LogP contribution in [0.2, 0.25) is 0 Å². The molecule has 0 spiro atoms. The molecule has 1 N–H and O–H groups in total. The molecule has 0 saturated heterocycles. The van der Waals surface area contributed by atoms with Crippen molar-refractivity contribution >= 4 is 32.4 Å². The highest BCUT2D eigenvalue weighted by Crippen LogP contribution is 2.24. The third-order valence-corrected chi connectivity index (χ3v) is 6.07. The Labute approximate surface area is 177 Å². The summed E-state index contributed by atoms with van der Waals surface area (Å²) in [4.78, 5) is 12.8. The molecular formula is C23H26N2O4S. The normalized spacial score (nSPS) is 12.4. The Morgan fingerprint density at radius 1 is 1.03 bits per heavy atom. The molecule has 0 aromatic heterocycles. The zero-order chi connectivity index (χ0) is 21.7. The number of fused-ring (bicyclic) bond motifs is 1. The van der Waals surface area contributed by atoms with E-state index in [4.69, 9.17) is 4.74 Å². The lowest BCUT2D eigenvalue weighted by Gasteiger charge is -2.28. The molecule has 0 bridgehead atoms. The van der Waals surface area contributed by atoms with Gasteiger partial charge in [0.15, 0.2) is 0 Å². The topological polar surface area (TPSA) is 75.7 Å². The third kappa shape index (κ3) is 4.91. The lowest BCUT2D eigenvalue weighted by atomic mass is 10.0. The summed E-state index contributed by atoms with van der Waals surface area (Å²) in [7, 11) is -3.67. The molecule has 3 aromatic carbocycles. The van der Waals surface area contributed by atoms with Crippen LogP contribution in [0.1, 0.15) is 19.4 Å². The number of sulfonamides is 1. The van der Waals surface area contributed by atoms with Crippen molar-refractivity contribution in [1.82, 2.24) is 5.32 Å². The SMILES string of the molecule is CCOc1ccc(N([C@H](C)C(=O)NCc2cccc3ccccc23)S(C)(=O)=O)cc1. The molecule has 0 saturated carbocycles. The molecule has 158 valence electrons. The van der Waals surface area contributed by atoms with E-state index in [1.54, 1.807) is 31.2 Å². The molecular weight excluding hydrogens is 400 g/mol. The lowest BCUT2D eigenvalue weighted by Crippen LogP contribution is -2.47. The Balaban J connectivity index is 1.79. The van der Waals surface area contributed by atoms with Crippen LogP contribution < -0.4 is 14.4 Å². The van der Waals surface area contributed by atoms with Gasteiger partial charge >= 0.3 is 0 Å². The lowest BCUT2D eigenvalue weighted by molar-refractivity contribution is -0.122. The second-order valence-electron chi connectivity index (χ2n) is 7.02. The van der Waals surface area contributed by atoms with Crippen molar-refractivity contribution in [3.8, 4) is 5.75 Å². The van der Waals surface area contributed by atoms with Crippen LogP contribution in [-0.2, 0) is 21.4 Å². The number of carbonyl (C=O) groups excluding carboxylic acids is 1. The number of hydrogen-bond donors (Lipinski definition) is 1. The first-order valence-corrected chi connectivity index (χ1v) is 11.6. The molecule has 0 fully saturated rings. The van der Waals surface area contributed by atoms with Crippen LogP contribution in [0, 0.1) is 0 Å². The first-order chi connectivity index (χ1) is 14.3. The van der Waals surface area contributed by atoms with Crippen LogP contribution in [0.15, 0.2) is 66.7 Å². The van der Waals surface area contributed by atoms with E-state index in [0.717, 1.165) is 26.9 Å². The molecule has 0 aliphatic rings. The standard InChI is InChI=1S/C23H26N2O4S/c1-4-29-21-14-12-20(13-15-21)25(30(3,27)28)17(2)23(26)24-16-19-10-7-9-18-8-5-6-11-22(18)19/h5-15,17H,4,16H2,1-3H3,(H,24,26)/t17-/m1/s1. The van der Waals surface area contributed by atoms with Crippen molar-refractivity contribution < 1.29 is 17.9 Å². The van der Waals surface area contributed by atoms with E-state index < -0.39 is 16.1 Å². The third-order valence-electron chi connectivity index (χ3n) is 4.82. The van der Waals surface area contributed by atoms with Gasteiger partial charge in [-0.1, -0.05) is 42.5 Å². The van der Waals surface area contributed by atoms with E-state index in [1.807, 2.05) is 49.4 Å². The Bertz CT molecular complexity index is 1120. The summed E-state index contributed by atoms with van der Waals surface area (Å²) in [5.41, 5.74) is 1.38. The fourth-order valence-corrected chi connectivity index (χ4v) is 4.62. The Morgan fingerprint density at radius 2 is 1.70 bits per heavy atom. The fourth-order valence-electron chi connectivity index (χ4n) is 3.44. The first kappa shape index (κ1) is 21.6. The number of amides is 1. The Kier molecular flexibility index (Phi) is 6.62. The van der Waals surface area contributed by atoms with Crippen LogP contribution in [0.3, 0.4) is 0 Å². The number of nitrogens with zero attached hydrogens (tertiary/aromatic N) is 1. The predicted octanol–water partition coefficient (Wildman–Crippen LogP) is 3.71. The van der Waals surface area contributed by atoms with E-state index in [0.29, 0.717) is 24.6 Å². The van der Waals surface area contributed by atoms with Crippen molar-refractivity contribution in [3.05, 3.63) is 72.3 Å². The van der Waals surface area contributed by atoms with E-state index in [1.165, 1.54) is 0 Å². The van der Waals surface area contributed by atoms with Gasteiger partial charge in [-0.2, -0.15) is 0 Å². The van der Waals surface area contributed by atoms with E-state index in [9.17, 15) is 13.2 Å². The molecule has 6 nitrogen and oxygen atoms in total. The van der Waals surface area contributed by atoms with Gasteiger partial charge in [0.2, 0.25) is 15.9 Å². The fraction of sp³-hybridized carbons (Fsp3) is 0.261. The number of benzene rings is 3. The molecule has 30 heavy (non-hydrogen) atoms. The minimum Gasteiger partial charge on any atom is -0.494 e. The molecule has 0 unspecified atom stereocenters. The van der Waals surface area contributed by atoms with Crippen molar-refractivity contribution in [2.24, 2.45) is 0 Å². The number of rotatable bonds is 8. The van der Waals surface area contributed by atoms with Crippen molar-refractivity contribution in [2.45, 2.75) is 26.4 Å². The average Bonchev–Trinajstić information content (AvgIpc) is 2.72. The number of hydrogen-bond acceptors (Lipinski definition) is 4. The molecule has 0 heterocycles. The zero-order valence-corrected chi connectivity index (χ0v) is 18.1. The van der Waals surface area contributed by atoms with Crippen LogP contribution in [-0.4, -0.2) is 33.2 Å².